The van der Waals surface area contributed by atoms with Crippen LogP contribution in [0.5, 0.6) is 0 Å². The molecule has 1 unspecified atom stereocenters. The summed E-state index contributed by atoms with van der Waals surface area (Å²) < 4.78 is 40.6. The van der Waals surface area contributed by atoms with Gasteiger partial charge in [-0.05, 0) is 12.5 Å². The lowest BCUT2D eigenvalue weighted by Crippen LogP contribution is -2.40. The molecule has 0 spiro atoms. The molecule has 2 N–H and O–H groups in total. The van der Waals surface area contributed by atoms with Gasteiger partial charge in [-0.1, -0.05) is 31.5 Å². The summed E-state index contributed by atoms with van der Waals surface area (Å²) in [5.74, 6) is -0.557. The Kier molecular flexibility index (Phi) is 6.54. The van der Waals surface area contributed by atoms with E-state index >= 15 is 0 Å². The summed E-state index contributed by atoms with van der Waals surface area (Å²) >= 11 is 0. The molecule has 0 aliphatic carbocycles. The van der Waals surface area contributed by atoms with Crippen LogP contribution in [-0.2, 0) is 10.2 Å². The van der Waals surface area contributed by atoms with E-state index in [1.54, 1.807) is 6.07 Å². The van der Waals surface area contributed by atoms with Gasteiger partial charge in [0.15, 0.2) is 0 Å². The van der Waals surface area contributed by atoms with E-state index in [9.17, 15) is 17.9 Å². The van der Waals surface area contributed by atoms with Crippen molar-refractivity contribution in [1.29, 1.82) is 0 Å². The van der Waals surface area contributed by atoms with Crippen LogP contribution in [0.4, 0.5) is 4.39 Å². The van der Waals surface area contributed by atoms with Crippen molar-refractivity contribution in [1.82, 2.24) is 9.03 Å². The Morgan fingerprint density at radius 2 is 2.05 bits per heavy atom. The molecular weight excluding hydrogens is 283 g/mol. The number of halogens is 1. The summed E-state index contributed by atoms with van der Waals surface area (Å²) in [6.07, 6.45) is 0.427. The van der Waals surface area contributed by atoms with Gasteiger partial charge in [-0.2, -0.15) is 17.4 Å². The van der Waals surface area contributed by atoms with Gasteiger partial charge in [0.1, 0.15) is 5.82 Å². The minimum Gasteiger partial charge on any atom is -0.387 e. The molecule has 0 aliphatic rings. The third kappa shape index (κ3) is 4.82. The fraction of sp³-hybridized carbons (Fsp3) is 0.538. The molecule has 0 amide bonds. The number of unbranched alkanes of at least 4 members (excludes halogenated alkanes) is 1. The maximum absolute atomic E-state index is 13.4. The van der Waals surface area contributed by atoms with Crippen LogP contribution in [-0.4, -0.2) is 38.0 Å². The lowest BCUT2D eigenvalue weighted by atomic mass is 10.1. The molecule has 0 aliphatic heterocycles. The number of rotatable bonds is 8. The SMILES string of the molecule is CCCCN(C)S(=O)(=O)NCC(O)c1ccccc1F. The molecule has 0 saturated carbocycles. The maximum atomic E-state index is 13.4. The minimum absolute atomic E-state index is 0.0754. The van der Waals surface area contributed by atoms with E-state index in [1.807, 2.05) is 6.92 Å². The largest absolute Gasteiger partial charge is 0.387 e. The maximum Gasteiger partial charge on any atom is 0.279 e. The topological polar surface area (TPSA) is 69.6 Å². The van der Waals surface area contributed by atoms with Gasteiger partial charge in [0, 0.05) is 25.7 Å². The second-order valence-corrected chi connectivity index (χ2v) is 6.43. The number of aliphatic hydroxyl groups is 1. The first-order valence-electron chi connectivity index (χ1n) is 6.52. The highest BCUT2D eigenvalue weighted by Gasteiger charge is 2.20. The molecule has 1 rings (SSSR count). The van der Waals surface area contributed by atoms with E-state index in [2.05, 4.69) is 4.72 Å². The number of nitrogens with one attached hydrogen (secondary N) is 1. The predicted octanol–water partition coefficient (Wildman–Crippen LogP) is 1.43. The van der Waals surface area contributed by atoms with E-state index in [0.29, 0.717) is 6.54 Å². The lowest BCUT2D eigenvalue weighted by Gasteiger charge is -2.19. The Labute approximate surface area is 119 Å². The molecule has 114 valence electrons. The van der Waals surface area contributed by atoms with Gasteiger partial charge in [0.2, 0.25) is 0 Å². The second-order valence-electron chi connectivity index (χ2n) is 4.57. The van der Waals surface area contributed by atoms with Gasteiger partial charge in [0.05, 0.1) is 6.10 Å². The average molecular weight is 304 g/mol. The Hall–Kier alpha value is -1.02. The molecule has 1 aromatic rings. The number of hydrogen-bond donors (Lipinski definition) is 2. The van der Waals surface area contributed by atoms with Crippen LogP contribution >= 0.6 is 0 Å². The van der Waals surface area contributed by atoms with E-state index < -0.39 is 22.1 Å². The van der Waals surface area contributed by atoms with Crippen LogP contribution in [0.25, 0.3) is 0 Å². The normalized spacial score (nSPS) is 13.7. The smallest absolute Gasteiger partial charge is 0.279 e. The van der Waals surface area contributed by atoms with E-state index in [-0.39, 0.29) is 12.1 Å². The Bertz CT molecular complexity index is 522. The van der Waals surface area contributed by atoms with Crippen LogP contribution in [0.3, 0.4) is 0 Å². The standard InChI is InChI=1S/C13H21FN2O3S/c1-3-4-9-16(2)20(18,19)15-10-13(17)11-7-5-6-8-12(11)14/h5-8,13,15,17H,3-4,9-10H2,1-2H3. The first-order valence-corrected chi connectivity index (χ1v) is 7.96. The van der Waals surface area contributed by atoms with Crippen LogP contribution in [0, 0.1) is 5.82 Å². The van der Waals surface area contributed by atoms with Gasteiger partial charge < -0.3 is 5.11 Å². The fourth-order valence-corrected chi connectivity index (χ4v) is 2.61. The second kappa shape index (κ2) is 7.68. The molecule has 0 heterocycles. The molecule has 0 fully saturated rings. The van der Waals surface area contributed by atoms with Gasteiger partial charge in [-0.25, -0.2) is 4.39 Å². The molecule has 20 heavy (non-hydrogen) atoms. The summed E-state index contributed by atoms with van der Waals surface area (Å²) in [7, 11) is -2.18. The van der Waals surface area contributed by atoms with Crippen LogP contribution in [0.1, 0.15) is 31.4 Å². The molecule has 1 atom stereocenters. The average Bonchev–Trinajstić information content (AvgIpc) is 2.42. The Morgan fingerprint density at radius 1 is 1.40 bits per heavy atom. The molecule has 0 radical (unpaired) electrons. The summed E-state index contributed by atoms with van der Waals surface area (Å²) in [4.78, 5) is 0. The Balaban J connectivity index is 2.60. The summed E-state index contributed by atoms with van der Waals surface area (Å²) in [6, 6.07) is 5.74. The first-order chi connectivity index (χ1) is 9.38. The van der Waals surface area contributed by atoms with Crippen molar-refractivity contribution >= 4 is 10.2 Å². The van der Waals surface area contributed by atoms with Gasteiger partial charge >= 0.3 is 0 Å². The summed E-state index contributed by atoms with van der Waals surface area (Å²) in [5.41, 5.74) is 0.0754. The van der Waals surface area contributed by atoms with Crippen LogP contribution < -0.4 is 4.72 Å². The number of hydrogen-bond acceptors (Lipinski definition) is 3. The zero-order chi connectivity index (χ0) is 15.2. The molecule has 1 aromatic carbocycles. The first kappa shape index (κ1) is 17.0. The van der Waals surface area contributed by atoms with Gasteiger partial charge in [0.25, 0.3) is 10.2 Å². The monoisotopic (exact) mass is 304 g/mol. The Morgan fingerprint density at radius 3 is 2.65 bits per heavy atom. The number of nitrogens with zero attached hydrogens (tertiary/aromatic N) is 1. The van der Waals surface area contributed by atoms with Gasteiger partial charge in [-0.3, -0.25) is 0 Å². The van der Waals surface area contributed by atoms with E-state index in [0.717, 1.165) is 12.8 Å². The van der Waals surface area contributed by atoms with Crippen molar-refractivity contribution < 1.29 is 17.9 Å². The van der Waals surface area contributed by atoms with Crippen molar-refractivity contribution in [3.63, 3.8) is 0 Å². The number of benzene rings is 1. The lowest BCUT2D eigenvalue weighted by molar-refractivity contribution is 0.176. The van der Waals surface area contributed by atoms with E-state index in [1.165, 1.54) is 29.6 Å². The zero-order valence-electron chi connectivity index (χ0n) is 11.7. The third-order valence-electron chi connectivity index (χ3n) is 2.96. The van der Waals surface area contributed by atoms with Crippen molar-refractivity contribution in [3.05, 3.63) is 35.6 Å². The van der Waals surface area contributed by atoms with Crippen molar-refractivity contribution in [2.45, 2.75) is 25.9 Å². The van der Waals surface area contributed by atoms with E-state index in [4.69, 9.17) is 0 Å². The highest BCUT2D eigenvalue weighted by Crippen LogP contribution is 2.16. The summed E-state index contributed by atoms with van der Waals surface area (Å²) in [5, 5.41) is 9.84. The summed E-state index contributed by atoms with van der Waals surface area (Å²) in [6.45, 7) is 2.11. The highest BCUT2D eigenvalue weighted by molar-refractivity contribution is 7.87. The van der Waals surface area contributed by atoms with Crippen molar-refractivity contribution in [2.75, 3.05) is 20.1 Å². The van der Waals surface area contributed by atoms with Crippen LogP contribution in [0.15, 0.2) is 24.3 Å². The quantitative estimate of drug-likeness (QED) is 0.763. The van der Waals surface area contributed by atoms with Crippen molar-refractivity contribution in [2.24, 2.45) is 0 Å². The molecule has 5 nitrogen and oxygen atoms in total. The third-order valence-corrected chi connectivity index (χ3v) is 4.49. The highest BCUT2D eigenvalue weighted by atomic mass is 32.2. The molecule has 0 aromatic heterocycles. The fourth-order valence-electron chi connectivity index (χ4n) is 1.65. The predicted molar refractivity (Wildman–Crippen MR) is 75.8 cm³/mol. The van der Waals surface area contributed by atoms with Gasteiger partial charge in [-0.15, -0.1) is 0 Å². The number of aliphatic hydroxyl groups excluding tert-OH is 1. The van der Waals surface area contributed by atoms with Crippen LogP contribution in [0.2, 0.25) is 0 Å². The molecule has 0 bridgehead atoms. The molecular formula is C13H21FN2O3S. The molecule has 0 saturated heterocycles. The van der Waals surface area contributed by atoms with Crippen molar-refractivity contribution in [3.8, 4) is 0 Å². The molecule has 7 heteroatoms. The minimum atomic E-state index is -3.65. The zero-order valence-corrected chi connectivity index (χ0v) is 12.5.